The number of ether oxygens (including phenoxy) is 1. The minimum Gasteiger partial charge on any atom is -0.374 e. The van der Waals surface area contributed by atoms with Gasteiger partial charge in [0, 0.05) is 31.3 Å². The number of fused-ring (bicyclic) bond motifs is 1. The van der Waals surface area contributed by atoms with Gasteiger partial charge < -0.3 is 14.2 Å². The van der Waals surface area contributed by atoms with E-state index in [0.717, 1.165) is 35.9 Å². The average Bonchev–Trinajstić information content (AvgIpc) is 3.08. The number of hydrogen-bond donors (Lipinski definition) is 0. The van der Waals surface area contributed by atoms with Crippen molar-refractivity contribution in [2.24, 2.45) is 7.05 Å². The Morgan fingerprint density at radius 3 is 2.89 bits per heavy atom. The normalized spacial score (nSPS) is 22.5. The Hall–Kier alpha value is -1.86. The Morgan fingerprint density at radius 1 is 1.22 bits per heavy atom. The highest BCUT2D eigenvalue weighted by Gasteiger charge is 2.36. The van der Waals surface area contributed by atoms with Crippen molar-refractivity contribution in [1.29, 1.82) is 0 Å². The zero-order valence-electron chi connectivity index (χ0n) is 15.7. The third kappa shape index (κ3) is 4.04. The Balaban J connectivity index is 1.33. The van der Waals surface area contributed by atoms with Gasteiger partial charge in [0.15, 0.2) is 11.0 Å². The molecule has 1 amide bonds. The number of thioether (sulfide) groups is 1. The standard InChI is InChI=1S/C20H26N4O2S/c1-23-19(15-7-3-2-4-8-15)21-22-20(23)27-14-11-18(25)24-12-13-26-17-10-6-5-9-16(17)24/h2-4,7-8,16-17H,5-6,9-14H2,1H3. The van der Waals surface area contributed by atoms with E-state index in [-0.39, 0.29) is 18.1 Å². The van der Waals surface area contributed by atoms with E-state index >= 15 is 0 Å². The number of hydrogen-bond acceptors (Lipinski definition) is 5. The summed E-state index contributed by atoms with van der Waals surface area (Å²) in [6, 6.07) is 10.3. The SMILES string of the molecule is Cn1c(SCCC(=O)N2CCOC3CCCCC32)nnc1-c1ccccc1. The van der Waals surface area contributed by atoms with Crippen molar-refractivity contribution in [2.75, 3.05) is 18.9 Å². The molecule has 2 atom stereocenters. The van der Waals surface area contributed by atoms with Gasteiger partial charge in [-0.05, 0) is 12.8 Å². The van der Waals surface area contributed by atoms with Crippen molar-refractivity contribution in [1.82, 2.24) is 19.7 Å². The zero-order valence-corrected chi connectivity index (χ0v) is 16.5. The molecule has 0 radical (unpaired) electrons. The largest absolute Gasteiger partial charge is 0.374 e. The van der Waals surface area contributed by atoms with E-state index in [1.165, 1.54) is 12.8 Å². The van der Waals surface area contributed by atoms with Crippen LogP contribution in [0, 0.1) is 0 Å². The molecule has 27 heavy (non-hydrogen) atoms. The van der Waals surface area contributed by atoms with Crippen molar-refractivity contribution in [3.05, 3.63) is 30.3 Å². The highest BCUT2D eigenvalue weighted by Crippen LogP contribution is 2.29. The Labute approximate surface area is 164 Å². The van der Waals surface area contributed by atoms with Crippen molar-refractivity contribution < 1.29 is 9.53 Å². The predicted molar refractivity (Wildman–Crippen MR) is 105 cm³/mol. The maximum atomic E-state index is 12.8. The highest BCUT2D eigenvalue weighted by atomic mass is 32.2. The van der Waals surface area contributed by atoms with E-state index in [1.54, 1.807) is 11.8 Å². The van der Waals surface area contributed by atoms with Gasteiger partial charge in [-0.1, -0.05) is 54.9 Å². The van der Waals surface area contributed by atoms with E-state index < -0.39 is 0 Å². The highest BCUT2D eigenvalue weighted by molar-refractivity contribution is 7.99. The van der Waals surface area contributed by atoms with Gasteiger partial charge in [0.25, 0.3) is 0 Å². The van der Waals surface area contributed by atoms with E-state index in [9.17, 15) is 4.79 Å². The van der Waals surface area contributed by atoms with E-state index in [1.807, 2.05) is 41.9 Å². The fourth-order valence-corrected chi connectivity index (χ4v) is 4.90. The van der Waals surface area contributed by atoms with Gasteiger partial charge in [0.1, 0.15) is 0 Å². The number of carbonyl (C=O) groups excluding carboxylic acids is 1. The van der Waals surface area contributed by atoms with Crippen LogP contribution in [0.25, 0.3) is 11.4 Å². The summed E-state index contributed by atoms with van der Waals surface area (Å²) in [7, 11) is 1.97. The van der Waals surface area contributed by atoms with Crippen LogP contribution in [-0.4, -0.2) is 56.6 Å². The number of aromatic nitrogens is 3. The Kier molecular flexibility index (Phi) is 5.78. The lowest BCUT2D eigenvalue weighted by molar-refractivity contribution is -0.149. The third-order valence-electron chi connectivity index (χ3n) is 5.47. The topological polar surface area (TPSA) is 60.2 Å². The molecule has 2 fully saturated rings. The van der Waals surface area contributed by atoms with Crippen molar-refractivity contribution in [3.8, 4) is 11.4 Å². The summed E-state index contributed by atoms with van der Waals surface area (Å²) in [5, 5.41) is 9.45. The minimum absolute atomic E-state index is 0.244. The lowest BCUT2D eigenvalue weighted by atomic mass is 9.90. The maximum absolute atomic E-state index is 12.8. The summed E-state index contributed by atoms with van der Waals surface area (Å²) in [5.41, 5.74) is 1.05. The van der Waals surface area contributed by atoms with Gasteiger partial charge in [-0.25, -0.2) is 0 Å². The molecule has 2 unspecified atom stereocenters. The van der Waals surface area contributed by atoms with Crippen molar-refractivity contribution >= 4 is 17.7 Å². The van der Waals surface area contributed by atoms with Crippen molar-refractivity contribution in [3.63, 3.8) is 0 Å². The average molecular weight is 387 g/mol. The molecule has 0 bridgehead atoms. The fraction of sp³-hybridized carbons (Fsp3) is 0.550. The Morgan fingerprint density at radius 2 is 2.04 bits per heavy atom. The molecule has 2 aromatic rings. The molecule has 7 heteroatoms. The van der Waals surface area contributed by atoms with Crippen LogP contribution < -0.4 is 0 Å². The van der Waals surface area contributed by atoms with Crippen LogP contribution in [0.3, 0.4) is 0 Å². The molecule has 0 spiro atoms. The van der Waals surface area contributed by atoms with Crippen LogP contribution in [0.4, 0.5) is 0 Å². The molecule has 144 valence electrons. The summed E-state index contributed by atoms with van der Waals surface area (Å²) in [6.07, 6.45) is 5.36. The predicted octanol–water partition coefficient (Wildman–Crippen LogP) is 3.13. The van der Waals surface area contributed by atoms with Crippen molar-refractivity contribution in [2.45, 2.75) is 49.4 Å². The quantitative estimate of drug-likeness (QED) is 0.739. The molecule has 1 aliphatic heterocycles. The molecular formula is C20H26N4O2S. The van der Waals surface area contributed by atoms with E-state index in [4.69, 9.17) is 4.74 Å². The number of amides is 1. The van der Waals surface area contributed by atoms with Gasteiger partial charge in [0.2, 0.25) is 5.91 Å². The van der Waals surface area contributed by atoms with Crippen LogP contribution >= 0.6 is 11.8 Å². The Bertz CT molecular complexity index is 778. The monoisotopic (exact) mass is 386 g/mol. The van der Waals surface area contributed by atoms with Gasteiger partial charge in [-0.15, -0.1) is 10.2 Å². The van der Waals surface area contributed by atoms with Crippen LogP contribution in [-0.2, 0) is 16.6 Å². The van der Waals surface area contributed by atoms with Crippen LogP contribution in [0.1, 0.15) is 32.1 Å². The fourth-order valence-electron chi connectivity index (χ4n) is 4.06. The summed E-state index contributed by atoms with van der Waals surface area (Å²) >= 11 is 1.59. The first-order valence-electron chi connectivity index (χ1n) is 9.73. The molecule has 1 aliphatic carbocycles. The molecule has 2 heterocycles. The lowest BCUT2D eigenvalue weighted by Crippen LogP contribution is -2.54. The summed E-state index contributed by atoms with van der Waals surface area (Å²) in [6.45, 7) is 1.40. The second-order valence-corrected chi connectivity index (χ2v) is 8.24. The number of nitrogens with zero attached hydrogens (tertiary/aromatic N) is 4. The molecule has 1 saturated heterocycles. The molecule has 4 rings (SSSR count). The first-order chi connectivity index (χ1) is 13.2. The number of carbonyl (C=O) groups is 1. The molecular weight excluding hydrogens is 360 g/mol. The lowest BCUT2D eigenvalue weighted by Gasteiger charge is -2.43. The third-order valence-corrected chi connectivity index (χ3v) is 6.49. The maximum Gasteiger partial charge on any atom is 0.223 e. The molecule has 6 nitrogen and oxygen atoms in total. The number of morpholine rings is 1. The zero-order chi connectivity index (χ0) is 18.6. The molecule has 2 aliphatic rings. The summed E-state index contributed by atoms with van der Waals surface area (Å²) < 4.78 is 7.87. The van der Waals surface area contributed by atoms with Crippen LogP contribution in [0.5, 0.6) is 0 Å². The molecule has 0 N–H and O–H groups in total. The van der Waals surface area contributed by atoms with E-state index in [2.05, 4.69) is 15.1 Å². The second-order valence-electron chi connectivity index (χ2n) is 7.18. The number of rotatable bonds is 5. The van der Waals surface area contributed by atoms with Crippen LogP contribution in [0.15, 0.2) is 35.5 Å². The first-order valence-corrected chi connectivity index (χ1v) is 10.7. The minimum atomic E-state index is 0.244. The first kappa shape index (κ1) is 18.5. The van der Waals surface area contributed by atoms with Gasteiger partial charge >= 0.3 is 0 Å². The van der Waals surface area contributed by atoms with Gasteiger partial charge in [-0.2, -0.15) is 0 Å². The molecule has 1 saturated carbocycles. The molecule has 1 aromatic carbocycles. The smallest absolute Gasteiger partial charge is 0.223 e. The second kappa shape index (κ2) is 8.44. The number of benzene rings is 1. The van der Waals surface area contributed by atoms with Crippen LogP contribution in [0.2, 0.25) is 0 Å². The van der Waals surface area contributed by atoms with Gasteiger partial charge in [0.05, 0.1) is 18.8 Å². The summed E-state index contributed by atoms with van der Waals surface area (Å²) in [5.74, 6) is 1.81. The van der Waals surface area contributed by atoms with E-state index in [0.29, 0.717) is 18.8 Å². The summed E-state index contributed by atoms with van der Waals surface area (Å²) in [4.78, 5) is 14.8. The molecule has 1 aromatic heterocycles. The van der Waals surface area contributed by atoms with Gasteiger partial charge in [-0.3, -0.25) is 4.79 Å².